The fourth-order valence-electron chi connectivity index (χ4n) is 1.61. The summed E-state index contributed by atoms with van der Waals surface area (Å²) >= 11 is 12.8. The Balaban J connectivity index is 2.16. The van der Waals surface area contributed by atoms with Gasteiger partial charge in [0, 0.05) is 15.5 Å². The highest BCUT2D eigenvalue weighted by atomic mass is 79.9. The molecule has 1 N–H and O–H groups in total. The van der Waals surface area contributed by atoms with E-state index in [1.165, 1.54) is 0 Å². The second-order valence-corrected chi connectivity index (χ2v) is 6.08. The number of benzene rings is 2. The second kappa shape index (κ2) is 6.42. The normalized spacial score (nSPS) is 10.0. The monoisotopic (exact) mass is 398 g/mol. The van der Waals surface area contributed by atoms with Gasteiger partial charge in [-0.05, 0) is 51.8 Å². The van der Waals surface area contributed by atoms with Crippen molar-refractivity contribution in [1.29, 1.82) is 5.26 Å². The summed E-state index contributed by atoms with van der Waals surface area (Å²) in [5.41, 5.74) is 2.47. The van der Waals surface area contributed by atoms with Crippen molar-refractivity contribution in [3.8, 4) is 6.07 Å². The maximum absolute atomic E-state index is 9.05. The minimum atomic E-state index is 0.609. The molecule has 96 valence electrons. The van der Waals surface area contributed by atoms with Crippen molar-refractivity contribution in [3.05, 3.63) is 61.5 Å². The molecule has 0 saturated heterocycles. The van der Waals surface area contributed by atoms with Gasteiger partial charge in [-0.15, -0.1) is 0 Å². The van der Waals surface area contributed by atoms with Crippen molar-refractivity contribution in [2.45, 2.75) is 6.54 Å². The van der Waals surface area contributed by atoms with Gasteiger partial charge in [-0.2, -0.15) is 5.26 Å². The molecule has 0 aliphatic rings. The summed E-state index contributed by atoms with van der Waals surface area (Å²) in [6.07, 6.45) is 0. The maximum Gasteiger partial charge on any atom is 0.101 e. The number of rotatable bonds is 3. The molecule has 0 unspecified atom stereocenters. The fraction of sp³-hybridized carbons (Fsp3) is 0.0714. The van der Waals surface area contributed by atoms with Gasteiger partial charge in [0.25, 0.3) is 0 Å². The topological polar surface area (TPSA) is 35.8 Å². The van der Waals surface area contributed by atoms with Crippen LogP contribution in [0.2, 0.25) is 5.02 Å². The van der Waals surface area contributed by atoms with E-state index in [9.17, 15) is 0 Å². The Kier molecular flexibility index (Phi) is 4.87. The lowest BCUT2D eigenvalue weighted by Crippen LogP contribution is -2.01. The minimum Gasteiger partial charge on any atom is -0.380 e. The summed E-state index contributed by atoms with van der Waals surface area (Å²) in [4.78, 5) is 0. The predicted molar refractivity (Wildman–Crippen MR) is 85.3 cm³/mol. The lowest BCUT2D eigenvalue weighted by molar-refractivity contribution is 1.14. The fourth-order valence-corrected chi connectivity index (χ4v) is 2.42. The molecule has 0 heterocycles. The maximum atomic E-state index is 9.05. The molecule has 19 heavy (non-hydrogen) atoms. The summed E-state index contributed by atoms with van der Waals surface area (Å²) in [7, 11) is 0. The van der Waals surface area contributed by atoms with Gasteiger partial charge in [0.1, 0.15) is 6.07 Å². The largest absolute Gasteiger partial charge is 0.380 e. The van der Waals surface area contributed by atoms with Crippen LogP contribution < -0.4 is 5.32 Å². The average molecular weight is 401 g/mol. The first kappa shape index (κ1) is 14.4. The Hall–Kier alpha value is -1.02. The first-order valence-corrected chi connectivity index (χ1v) is 7.44. The van der Waals surface area contributed by atoms with E-state index in [-0.39, 0.29) is 0 Å². The Morgan fingerprint density at radius 2 is 1.95 bits per heavy atom. The van der Waals surface area contributed by atoms with Gasteiger partial charge in [-0.1, -0.05) is 33.6 Å². The molecule has 0 aliphatic carbocycles. The number of hydrogen-bond acceptors (Lipinski definition) is 2. The molecule has 0 saturated carbocycles. The third-order valence-electron chi connectivity index (χ3n) is 2.57. The lowest BCUT2D eigenvalue weighted by atomic mass is 10.1. The lowest BCUT2D eigenvalue weighted by Gasteiger charge is -2.09. The molecule has 0 radical (unpaired) electrons. The van der Waals surface area contributed by atoms with Crippen LogP contribution in [0.25, 0.3) is 0 Å². The minimum absolute atomic E-state index is 0.609. The molecule has 2 nitrogen and oxygen atoms in total. The highest BCUT2D eigenvalue weighted by Gasteiger charge is 2.04. The molecule has 2 rings (SSSR count). The summed E-state index contributed by atoms with van der Waals surface area (Å²) in [6.45, 7) is 0.609. The summed E-state index contributed by atoms with van der Waals surface area (Å²) in [5, 5.41) is 13.0. The quantitative estimate of drug-likeness (QED) is 0.754. The highest BCUT2D eigenvalue weighted by Crippen LogP contribution is 2.25. The molecule has 5 heteroatoms. The van der Waals surface area contributed by atoms with Crippen LogP contribution in [0, 0.1) is 11.3 Å². The third kappa shape index (κ3) is 3.73. The molecule has 0 aliphatic heterocycles. The molecular weight excluding hydrogens is 391 g/mol. The number of nitrogens with zero attached hydrogens (tertiary/aromatic N) is 1. The Labute approximate surface area is 133 Å². The van der Waals surface area contributed by atoms with Gasteiger partial charge >= 0.3 is 0 Å². The number of nitriles is 1. The molecule has 0 fully saturated rings. The molecule has 0 spiro atoms. The standard InChI is InChI=1S/C14H9Br2ClN2/c15-11-3-2-10(7-18)14(6-11)19-8-9-1-4-12(16)13(17)5-9/h1-6,19H,8H2. The third-order valence-corrected chi connectivity index (χ3v) is 4.29. The van der Waals surface area contributed by atoms with E-state index in [1.807, 2.05) is 30.3 Å². The van der Waals surface area contributed by atoms with Crippen LogP contribution in [-0.4, -0.2) is 0 Å². The zero-order chi connectivity index (χ0) is 13.8. The number of nitrogens with one attached hydrogen (secondary N) is 1. The molecule has 0 bridgehead atoms. The summed E-state index contributed by atoms with van der Waals surface area (Å²) < 4.78 is 1.81. The second-order valence-electron chi connectivity index (χ2n) is 3.90. The SMILES string of the molecule is N#Cc1ccc(Br)cc1NCc1ccc(Br)c(Cl)c1. The van der Waals surface area contributed by atoms with E-state index >= 15 is 0 Å². The van der Waals surface area contributed by atoms with E-state index in [0.29, 0.717) is 17.1 Å². The van der Waals surface area contributed by atoms with E-state index in [2.05, 4.69) is 43.2 Å². The van der Waals surface area contributed by atoms with Gasteiger partial charge in [0.2, 0.25) is 0 Å². The van der Waals surface area contributed by atoms with Crippen molar-refractivity contribution in [1.82, 2.24) is 0 Å². The molecule has 0 aromatic heterocycles. The Bertz CT molecular complexity index is 650. The molecule has 0 atom stereocenters. The van der Waals surface area contributed by atoms with Crippen molar-refractivity contribution >= 4 is 49.1 Å². The van der Waals surface area contributed by atoms with E-state index < -0.39 is 0 Å². The van der Waals surface area contributed by atoms with E-state index in [0.717, 1.165) is 20.2 Å². The smallest absolute Gasteiger partial charge is 0.101 e. The summed E-state index contributed by atoms with van der Waals surface area (Å²) in [5.74, 6) is 0. The van der Waals surface area contributed by atoms with Gasteiger partial charge < -0.3 is 5.32 Å². The van der Waals surface area contributed by atoms with Crippen LogP contribution in [0.15, 0.2) is 45.3 Å². The Morgan fingerprint density at radius 3 is 2.63 bits per heavy atom. The van der Waals surface area contributed by atoms with Gasteiger partial charge in [0.05, 0.1) is 16.3 Å². The zero-order valence-electron chi connectivity index (χ0n) is 9.75. The first-order valence-electron chi connectivity index (χ1n) is 5.47. The van der Waals surface area contributed by atoms with Gasteiger partial charge in [-0.3, -0.25) is 0 Å². The van der Waals surface area contributed by atoms with Crippen molar-refractivity contribution in [2.24, 2.45) is 0 Å². The molecule has 0 amide bonds. The van der Waals surface area contributed by atoms with Crippen LogP contribution in [0.4, 0.5) is 5.69 Å². The molecule has 2 aromatic rings. The molecular formula is C14H9Br2ClN2. The predicted octanol–water partition coefficient (Wildman–Crippen LogP) is 5.35. The van der Waals surface area contributed by atoms with Gasteiger partial charge in [0.15, 0.2) is 0 Å². The number of anilines is 1. The van der Waals surface area contributed by atoms with Crippen LogP contribution in [0.3, 0.4) is 0 Å². The average Bonchev–Trinajstić information content (AvgIpc) is 2.40. The van der Waals surface area contributed by atoms with E-state index in [4.69, 9.17) is 16.9 Å². The number of halogens is 3. The highest BCUT2D eigenvalue weighted by molar-refractivity contribution is 9.10. The van der Waals surface area contributed by atoms with Crippen molar-refractivity contribution < 1.29 is 0 Å². The number of hydrogen-bond donors (Lipinski definition) is 1. The van der Waals surface area contributed by atoms with Crippen molar-refractivity contribution in [3.63, 3.8) is 0 Å². The van der Waals surface area contributed by atoms with Gasteiger partial charge in [-0.25, -0.2) is 0 Å². The zero-order valence-corrected chi connectivity index (χ0v) is 13.7. The van der Waals surface area contributed by atoms with E-state index in [1.54, 1.807) is 6.07 Å². The van der Waals surface area contributed by atoms with Crippen LogP contribution >= 0.6 is 43.5 Å². The molecule has 2 aromatic carbocycles. The van der Waals surface area contributed by atoms with Crippen molar-refractivity contribution in [2.75, 3.05) is 5.32 Å². The van der Waals surface area contributed by atoms with Crippen LogP contribution in [0.5, 0.6) is 0 Å². The van der Waals surface area contributed by atoms with Crippen LogP contribution in [0.1, 0.15) is 11.1 Å². The summed E-state index contributed by atoms with van der Waals surface area (Å²) in [6, 6.07) is 13.5. The Morgan fingerprint density at radius 1 is 1.16 bits per heavy atom. The first-order chi connectivity index (χ1) is 9.10. The van der Waals surface area contributed by atoms with Crippen LogP contribution in [-0.2, 0) is 6.54 Å².